The van der Waals surface area contributed by atoms with E-state index in [1.165, 1.54) is 0 Å². The fourth-order valence-corrected chi connectivity index (χ4v) is 3.30. The van der Waals surface area contributed by atoms with Gasteiger partial charge in [-0.05, 0) is 61.1 Å². The molecule has 2 amide bonds. The molecule has 0 aliphatic carbocycles. The van der Waals surface area contributed by atoms with Crippen molar-refractivity contribution in [2.75, 3.05) is 6.67 Å². The number of amides is 2. The van der Waals surface area contributed by atoms with Gasteiger partial charge in [-0.2, -0.15) is 0 Å². The second-order valence-corrected chi connectivity index (χ2v) is 8.07. The third-order valence-corrected chi connectivity index (χ3v) is 5.23. The lowest BCUT2D eigenvalue weighted by Gasteiger charge is -2.18. The number of alkyl halides is 1. The molecule has 2 unspecified atom stereocenters. The summed E-state index contributed by atoms with van der Waals surface area (Å²) in [5, 5.41) is 31.6. The summed E-state index contributed by atoms with van der Waals surface area (Å²) in [4.78, 5) is 45.6. The molecule has 0 bridgehead atoms. The van der Waals surface area contributed by atoms with Crippen molar-refractivity contribution in [2.45, 2.75) is 50.6 Å². The van der Waals surface area contributed by atoms with Crippen LogP contribution in [0.4, 0.5) is 9.18 Å². The van der Waals surface area contributed by atoms with Gasteiger partial charge in [0.1, 0.15) is 23.6 Å². The summed E-state index contributed by atoms with van der Waals surface area (Å²) >= 11 is 0. The first-order chi connectivity index (χ1) is 17.2. The topological polar surface area (TPSA) is 162 Å². The largest absolute Gasteiger partial charge is 0.481 e. The molecule has 2 aromatic carbocycles. The summed E-state index contributed by atoms with van der Waals surface area (Å²) in [6.07, 6.45) is 1.19. The lowest BCUT2D eigenvalue weighted by atomic mass is 10.1. The van der Waals surface area contributed by atoms with Crippen LogP contribution < -0.4 is 15.4 Å². The van der Waals surface area contributed by atoms with Crippen molar-refractivity contribution >= 4 is 23.9 Å². The van der Waals surface area contributed by atoms with Gasteiger partial charge in [0, 0.05) is 12.8 Å². The molecule has 0 fully saturated rings. The van der Waals surface area contributed by atoms with Gasteiger partial charge in [-0.25, -0.2) is 14.4 Å². The van der Waals surface area contributed by atoms with Gasteiger partial charge in [0.15, 0.2) is 0 Å². The fraction of sp³-hybridized carbons (Fsp3) is 0.360. The van der Waals surface area contributed by atoms with Gasteiger partial charge >= 0.3 is 23.9 Å². The number of carbonyl (C=O) groups is 4. The number of nitrogens with one attached hydrogen (secondary N) is 2. The van der Waals surface area contributed by atoms with Crippen LogP contribution in [0.15, 0.2) is 48.5 Å². The van der Waals surface area contributed by atoms with E-state index in [1.54, 1.807) is 24.3 Å². The third kappa shape index (κ3) is 10.00. The number of aliphatic carboxylic acids is 3. The van der Waals surface area contributed by atoms with Crippen LogP contribution >= 0.6 is 0 Å². The van der Waals surface area contributed by atoms with E-state index >= 15 is 0 Å². The van der Waals surface area contributed by atoms with Crippen LogP contribution in [0, 0.1) is 0 Å². The Balaban J connectivity index is 1.92. The zero-order valence-corrected chi connectivity index (χ0v) is 19.5. The summed E-state index contributed by atoms with van der Waals surface area (Å²) in [7, 11) is 0. The molecule has 194 valence electrons. The third-order valence-electron chi connectivity index (χ3n) is 5.23. The molecule has 0 spiro atoms. The first-order valence-electron chi connectivity index (χ1n) is 11.3. The Labute approximate surface area is 207 Å². The van der Waals surface area contributed by atoms with Crippen LogP contribution in [0.5, 0.6) is 11.5 Å². The minimum Gasteiger partial charge on any atom is -0.481 e. The Kier molecular flexibility index (Phi) is 11.2. The highest BCUT2D eigenvalue weighted by Gasteiger charge is 2.25. The van der Waals surface area contributed by atoms with Crippen LogP contribution in [0.3, 0.4) is 0 Å². The van der Waals surface area contributed by atoms with E-state index in [2.05, 4.69) is 10.6 Å². The van der Waals surface area contributed by atoms with E-state index in [0.29, 0.717) is 23.5 Å². The smallest absolute Gasteiger partial charge is 0.326 e. The van der Waals surface area contributed by atoms with Crippen molar-refractivity contribution in [3.05, 3.63) is 59.7 Å². The van der Waals surface area contributed by atoms with Gasteiger partial charge in [0.25, 0.3) is 0 Å². The minimum absolute atomic E-state index is 0.0799. The van der Waals surface area contributed by atoms with Crippen molar-refractivity contribution in [3.63, 3.8) is 0 Å². The molecule has 10 nitrogen and oxygen atoms in total. The number of benzene rings is 2. The zero-order valence-electron chi connectivity index (χ0n) is 19.5. The maximum Gasteiger partial charge on any atom is 0.326 e. The van der Waals surface area contributed by atoms with Crippen LogP contribution in [0.2, 0.25) is 0 Å². The minimum atomic E-state index is -1.48. The molecule has 36 heavy (non-hydrogen) atoms. The standard InChI is InChI=1S/C25H29FN2O8/c26-14-2-1-3-16-4-8-18(9-5-16)36-19-10-6-17(7-11-19)15-21(24(33)34)28-25(35)27-20(23(31)32)12-13-22(29)30/h4-11,20-21H,1-3,12-15H2,(H,29,30)(H,31,32)(H,33,34)(H2,27,28,35). The Morgan fingerprint density at radius 3 is 1.81 bits per heavy atom. The molecule has 2 aromatic rings. The highest BCUT2D eigenvalue weighted by molar-refractivity contribution is 5.86. The number of carboxylic acid groups (broad SMARTS) is 3. The van der Waals surface area contributed by atoms with Gasteiger partial charge in [-0.1, -0.05) is 24.3 Å². The molecule has 0 aliphatic heterocycles. The van der Waals surface area contributed by atoms with Crippen LogP contribution in [0.25, 0.3) is 0 Å². The average molecular weight is 505 g/mol. The maximum absolute atomic E-state index is 12.2. The molecule has 0 aliphatic rings. The van der Waals surface area contributed by atoms with E-state index in [0.717, 1.165) is 18.4 Å². The Morgan fingerprint density at radius 2 is 1.31 bits per heavy atom. The van der Waals surface area contributed by atoms with Gasteiger partial charge in [-0.15, -0.1) is 0 Å². The number of carboxylic acids is 3. The van der Waals surface area contributed by atoms with E-state index in [9.17, 15) is 28.7 Å². The molecule has 2 atom stereocenters. The molecule has 0 heterocycles. The lowest BCUT2D eigenvalue weighted by molar-refractivity contribution is -0.140. The Hall–Kier alpha value is -4.15. The van der Waals surface area contributed by atoms with Crippen LogP contribution in [-0.4, -0.2) is 58.0 Å². The number of unbranched alkanes of at least 4 members (excludes halogenated alkanes) is 1. The number of urea groups is 1. The molecular weight excluding hydrogens is 475 g/mol. The molecule has 2 rings (SSSR count). The normalized spacial score (nSPS) is 12.2. The van der Waals surface area contributed by atoms with Gasteiger partial charge in [-0.3, -0.25) is 9.18 Å². The summed E-state index contributed by atoms with van der Waals surface area (Å²) in [5.41, 5.74) is 1.66. The van der Waals surface area contributed by atoms with Gasteiger partial charge in [0.2, 0.25) is 0 Å². The van der Waals surface area contributed by atoms with Crippen molar-refractivity contribution in [1.29, 1.82) is 0 Å². The number of carbonyl (C=O) groups excluding carboxylic acids is 1. The van der Waals surface area contributed by atoms with Crippen LogP contribution in [-0.2, 0) is 27.2 Å². The maximum atomic E-state index is 12.2. The number of rotatable bonds is 15. The predicted octanol–water partition coefficient (Wildman–Crippen LogP) is 3.38. The first kappa shape index (κ1) is 28.1. The molecule has 0 saturated heterocycles. The van der Waals surface area contributed by atoms with E-state index in [4.69, 9.17) is 14.9 Å². The molecule has 11 heteroatoms. The van der Waals surface area contributed by atoms with E-state index < -0.39 is 42.4 Å². The molecule has 0 aromatic heterocycles. The van der Waals surface area contributed by atoms with Crippen molar-refractivity contribution in [2.24, 2.45) is 0 Å². The Morgan fingerprint density at radius 1 is 0.778 bits per heavy atom. The van der Waals surface area contributed by atoms with E-state index in [-0.39, 0.29) is 19.5 Å². The number of hydrogen-bond donors (Lipinski definition) is 5. The van der Waals surface area contributed by atoms with Gasteiger partial charge < -0.3 is 30.7 Å². The molecular formula is C25H29FN2O8. The summed E-state index contributed by atoms with van der Waals surface area (Å²) < 4.78 is 18.0. The summed E-state index contributed by atoms with van der Waals surface area (Å²) in [5.74, 6) is -2.85. The predicted molar refractivity (Wildman–Crippen MR) is 127 cm³/mol. The Bertz CT molecular complexity index is 1030. The number of ether oxygens (including phenoxy) is 1. The fourth-order valence-electron chi connectivity index (χ4n) is 3.30. The summed E-state index contributed by atoms with van der Waals surface area (Å²) in [6, 6.07) is 10.2. The van der Waals surface area contributed by atoms with Crippen molar-refractivity contribution < 1.29 is 43.6 Å². The van der Waals surface area contributed by atoms with Gasteiger partial charge in [0.05, 0.1) is 6.67 Å². The highest BCUT2D eigenvalue weighted by Crippen LogP contribution is 2.23. The number of aryl methyl sites for hydroxylation is 1. The molecule has 0 radical (unpaired) electrons. The quantitative estimate of drug-likeness (QED) is 0.231. The first-order valence-corrected chi connectivity index (χ1v) is 11.3. The molecule has 0 saturated carbocycles. The highest BCUT2D eigenvalue weighted by atomic mass is 19.1. The SMILES string of the molecule is O=C(O)CCC(NC(=O)NC(Cc1ccc(Oc2ccc(CCCCF)cc2)cc1)C(=O)O)C(=O)O. The lowest BCUT2D eigenvalue weighted by Crippen LogP contribution is -2.51. The number of hydrogen-bond acceptors (Lipinski definition) is 5. The zero-order chi connectivity index (χ0) is 26.5. The number of halogens is 1. The van der Waals surface area contributed by atoms with Crippen molar-refractivity contribution in [1.82, 2.24) is 10.6 Å². The summed E-state index contributed by atoms with van der Waals surface area (Å²) in [6.45, 7) is -0.326. The second-order valence-electron chi connectivity index (χ2n) is 8.07. The van der Waals surface area contributed by atoms with Crippen LogP contribution in [0.1, 0.15) is 36.8 Å². The monoisotopic (exact) mass is 504 g/mol. The molecule has 5 N–H and O–H groups in total. The van der Waals surface area contributed by atoms with E-state index in [1.807, 2.05) is 24.3 Å². The van der Waals surface area contributed by atoms with Crippen molar-refractivity contribution in [3.8, 4) is 11.5 Å². The average Bonchev–Trinajstić information content (AvgIpc) is 2.83. The second kappa shape index (κ2) is 14.3.